The molecule has 0 amide bonds. The first kappa shape index (κ1) is 20.7. The molecule has 0 aromatic carbocycles. The Morgan fingerprint density at radius 2 is 0.905 bits per heavy atom. The molecule has 0 aliphatic heterocycles. The van der Waals surface area contributed by atoms with Crippen molar-refractivity contribution in [1.29, 1.82) is 0 Å². The topological polar surface area (TPSA) is 123 Å². The van der Waals surface area contributed by atoms with Crippen LogP contribution >= 0.6 is 0 Å². The van der Waals surface area contributed by atoms with E-state index in [4.69, 9.17) is 0 Å². The molecule has 8 nitrogen and oxygen atoms in total. The Morgan fingerprint density at radius 1 is 0.619 bits per heavy atom. The fraction of sp³-hybridized carbons (Fsp3) is 1.00. The van der Waals surface area contributed by atoms with Gasteiger partial charge in [0.2, 0.25) is 0 Å². The van der Waals surface area contributed by atoms with Crippen LogP contribution in [0.5, 0.6) is 0 Å². The van der Waals surface area contributed by atoms with Gasteiger partial charge in [-0.3, -0.25) is 0 Å². The Bertz CT molecular complexity index is 297. The van der Waals surface area contributed by atoms with Gasteiger partial charge in [0.15, 0.2) is 12.1 Å². The normalized spacial score (nSPS) is 21.9. The first-order valence-electron chi connectivity index (χ1n) is 7.28. The maximum absolute atomic E-state index is 10.6. The van der Waals surface area contributed by atoms with Gasteiger partial charge in [0.1, 0.15) is 0 Å². The van der Waals surface area contributed by atoms with Crippen LogP contribution < -0.4 is 0 Å². The molecule has 0 saturated heterocycles. The average Bonchev–Trinajstić information content (AvgIpc) is 2.55. The van der Waals surface area contributed by atoms with Crippen molar-refractivity contribution in [2.75, 3.05) is 0 Å². The maximum atomic E-state index is 10.6. The Kier molecular flexibility index (Phi) is 12.0. The molecule has 0 heterocycles. The molecule has 0 N–H and O–H groups in total. The maximum Gasteiger partial charge on any atom is 2.00 e. The first-order valence-corrected chi connectivity index (χ1v) is 7.28. The summed E-state index contributed by atoms with van der Waals surface area (Å²) in [5.74, 6) is 0. The molecule has 116 valence electrons. The van der Waals surface area contributed by atoms with Crippen molar-refractivity contribution in [2.45, 2.75) is 76.3 Å². The van der Waals surface area contributed by atoms with Gasteiger partial charge >= 0.3 is 37.7 Å². The smallest absolute Gasteiger partial charge is 0.739 e. The number of hydrogen-bond acceptors (Lipinski definition) is 6. The summed E-state index contributed by atoms with van der Waals surface area (Å²) in [7, 11) is 0. The summed E-state index contributed by atoms with van der Waals surface area (Å²) in [4.78, 5) is 0.609. The zero-order chi connectivity index (χ0) is 14.8. The van der Waals surface area contributed by atoms with E-state index in [1.54, 1.807) is 0 Å². The van der Waals surface area contributed by atoms with Crippen molar-refractivity contribution >= 4 is 37.7 Å². The van der Waals surface area contributed by atoms with Gasteiger partial charge in [-0.25, -0.2) is 0 Å². The van der Waals surface area contributed by atoms with Gasteiger partial charge in [-0.1, -0.05) is 22.6 Å². The molecule has 0 aromatic rings. The van der Waals surface area contributed by atoms with Crippen molar-refractivity contribution in [3.05, 3.63) is 20.8 Å². The van der Waals surface area contributed by atoms with Crippen molar-refractivity contribution in [2.24, 2.45) is 10.6 Å². The van der Waals surface area contributed by atoms with Crippen LogP contribution in [-0.2, 0) is 0 Å². The molecule has 0 radical (unpaired) electrons. The largest absolute Gasteiger partial charge is 2.00 e. The quantitative estimate of drug-likeness (QED) is 0.334. The van der Waals surface area contributed by atoms with Gasteiger partial charge in [-0.15, -0.1) is 0 Å². The second-order valence-electron chi connectivity index (χ2n) is 5.35. The van der Waals surface area contributed by atoms with E-state index >= 15 is 0 Å². The van der Waals surface area contributed by atoms with Crippen LogP contribution in [0.2, 0.25) is 0 Å². The second-order valence-corrected chi connectivity index (χ2v) is 5.35. The van der Waals surface area contributed by atoms with Crippen molar-refractivity contribution in [3.8, 4) is 0 Å². The minimum Gasteiger partial charge on any atom is -0.739 e. The van der Waals surface area contributed by atoms with E-state index in [1.165, 1.54) is 12.8 Å². The van der Waals surface area contributed by atoms with Gasteiger partial charge in [-0.05, 0) is 36.2 Å². The summed E-state index contributed by atoms with van der Waals surface area (Å²) in [6.07, 6.45) is 9.90. The van der Waals surface area contributed by atoms with Crippen LogP contribution in [0.1, 0.15) is 64.2 Å². The van der Waals surface area contributed by atoms with Gasteiger partial charge in [0, 0.05) is 25.7 Å². The molecule has 0 spiro atoms. The van der Waals surface area contributed by atoms with Crippen LogP contribution in [0.25, 0.3) is 0 Å². The van der Waals surface area contributed by atoms with Crippen molar-refractivity contribution < 1.29 is 9.72 Å². The Hall–Kier alpha value is -0.340. The van der Waals surface area contributed by atoms with Gasteiger partial charge < -0.3 is 20.8 Å². The number of rotatable bonds is 2. The molecule has 0 aromatic heterocycles. The van der Waals surface area contributed by atoms with Crippen molar-refractivity contribution in [1.82, 2.24) is 0 Å². The Morgan fingerprint density at radius 3 is 1.14 bits per heavy atom. The van der Waals surface area contributed by atoms with E-state index in [2.05, 4.69) is 10.6 Å². The molecular formula is C12H22CaN4O4. The van der Waals surface area contributed by atoms with Crippen LogP contribution in [0.3, 0.4) is 0 Å². The second kappa shape index (κ2) is 12.2. The van der Waals surface area contributed by atoms with E-state index in [0.29, 0.717) is 9.72 Å². The van der Waals surface area contributed by atoms with E-state index in [1.807, 2.05) is 0 Å². The van der Waals surface area contributed by atoms with E-state index in [-0.39, 0.29) is 49.8 Å². The van der Waals surface area contributed by atoms with Crippen LogP contribution in [0, 0.1) is 20.8 Å². The number of hydrogen-bond donors (Lipinski definition) is 0. The minimum atomic E-state index is -0.133. The molecule has 2 aliphatic rings. The Labute approximate surface area is 154 Å². The van der Waals surface area contributed by atoms with E-state index in [9.17, 15) is 20.8 Å². The monoisotopic (exact) mass is 326 g/mol. The fourth-order valence-corrected chi connectivity index (χ4v) is 2.74. The molecular weight excluding hydrogens is 304 g/mol. The van der Waals surface area contributed by atoms with E-state index in [0.717, 1.165) is 51.4 Å². The molecule has 2 saturated carbocycles. The minimum absolute atomic E-state index is 0. The fourth-order valence-electron chi connectivity index (χ4n) is 2.74. The number of nitrogens with zero attached hydrogens (tertiary/aromatic N) is 4. The zero-order valence-electron chi connectivity index (χ0n) is 12.4. The SMILES string of the molecule is [Ca+2].[O-]/N=[N+](\[O-])C1CCCCC1.[O-]/N=[N+](\[O-])C1CCCCC1. The first-order chi connectivity index (χ1) is 9.69. The standard InChI is InChI=1S/2C6H12N2O2.Ca/c2*9-7-8(10)6-4-2-1-3-5-6;/h2*6,9H,1-5H2;/q;;+2/p-2/b2*8-7-;. The summed E-state index contributed by atoms with van der Waals surface area (Å²) in [5, 5.41) is 45.4. The number of hydroxylamine groups is 2. The molecule has 2 rings (SSSR count). The molecule has 0 bridgehead atoms. The molecule has 2 fully saturated rings. The average molecular weight is 326 g/mol. The predicted octanol–water partition coefficient (Wildman–Crippen LogP) is 3.18. The third-order valence-electron chi connectivity index (χ3n) is 3.94. The van der Waals surface area contributed by atoms with Crippen LogP contribution in [0.4, 0.5) is 0 Å². The van der Waals surface area contributed by atoms with Crippen LogP contribution in [0.15, 0.2) is 10.6 Å². The molecule has 0 atom stereocenters. The summed E-state index contributed by atoms with van der Waals surface area (Å²) < 4.78 is 0. The Balaban J connectivity index is 0.000000364. The summed E-state index contributed by atoms with van der Waals surface area (Å²) in [5.41, 5.74) is 0. The predicted molar refractivity (Wildman–Crippen MR) is 78.3 cm³/mol. The van der Waals surface area contributed by atoms with Gasteiger partial charge in [0.05, 0.1) is 0 Å². The third-order valence-corrected chi connectivity index (χ3v) is 3.94. The molecule has 9 heteroatoms. The van der Waals surface area contributed by atoms with Crippen molar-refractivity contribution in [3.63, 3.8) is 0 Å². The molecule has 2 aliphatic carbocycles. The van der Waals surface area contributed by atoms with Gasteiger partial charge in [0.25, 0.3) is 0 Å². The third kappa shape index (κ3) is 8.01. The van der Waals surface area contributed by atoms with Gasteiger partial charge in [-0.2, -0.15) is 0 Å². The summed E-state index contributed by atoms with van der Waals surface area (Å²) in [6.45, 7) is 0. The molecule has 21 heavy (non-hydrogen) atoms. The summed E-state index contributed by atoms with van der Waals surface area (Å²) >= 11 is 0. The van der Waals surface area contributed by atoms with E-state index < -0.39 is 0 Å². The summed E-state index contributed by atoms with van der Waals surface area (Å²) in [6, 6.07) is -0.266. The zero-order valence-corrected chi connectivity index (χ0v) is 14.6. The molecule has 0 unspecified atom stereocenters. The van der Waals surface area contributed by atoms with Crippen LogP contribution in [-0.4, -0.2) is 59.5 Å².